The molecule has 0 aliphatic rings. The Bertz CT molecular complexity index is 638. The van der Waals surface area contributed by atoms with Crippen LogP contribution >= 0.6 is 0 Å². The van der Waals surface area contributed by atoms with Crippen LogP contribution < -0.4 is 11.1 Å². The van der Waals surface area contributed by atoms with Crippen molar-refractivity contribution in [2.75, 3.05) is 11.1 Å². The minimum atomic E-state index is -0.486. The number of rotatable bonds is 2. The number of carbonyl (C=O) groups is 1. The van der Waals surface area contributed by atoms with Crippen molar-refractivity contribution < 1.29 is 9.18 Å². The number of hydrogen-bond donors (Lipinski definition) is 2. The zero-order valence-corrected chi connectivity index (χ0v) is 10.8. The lowest BCUT2D eigenvalue weighted by molar-refractivity contribution is 0.102. The lowest BCUT2D eigenvalue weighted by Crippen LogP contribution is -2.15. The molecule has 1 amide bonds. The minimum absolute atomic E-state index is 0.139. The summed E-state index contributed by atoms with van der Waals surface area (Å²) in [6.45, 7) is 3.88. The van der Waals surface area contributed by atoms with E-state index in [1.165, 1.54) is 12.1 Å². The van der Waals surface area contributed by atoms with Gasteiger partial charge in [-0.15, -0.1) is 0 Å². The number of anilines is 2. The quantitative estimate of drug-likeness (QED) is 0.812. The molecule has 2 rings (SSSR count). The van der Waals surface area contributed by atoms with Crippen molar-refractivity contribution in [2.45, 2.75) is 13.8 Å². The Labute approximate surface area is 111 Å². The molecule has 3 N–H and O–H groups in total. The fraction of sp³-hybridized carbons (Fsp3) is 0.133. The number of amides is 1. The molecule has 0 bridgehead atoms. The molecule has 0 aliphatic heterocycles. The third-order valence-electron chi connectivity index (χ3n) is 2.89. The van der Waals surface area contributed by atoms with Crippen LogP contribution in [0.3, 0.4) is 0 Å². The first kappa shape index (κ1) is 13.1. The zero-order valence-electron chi connectivity index (χ0n) is 10.8. The lowest BCUT2D eigenvalue weighted by atomic mass is 10.1. The first-order chi connectivity index (χ1) is 8.97. The normalized spacial score (nSPS) is 10.3. The number of hydrogen-bond acceptors (Lipinski definition) is 2. The Morgan fingerprint density at radius 1 is 1.16 bits per heavy atom. The van der Waals surface area contributed by atoms with Gasteiger partial charge in [-0.2, -0.15) is 0 Å². The summed E-state index contributed by atoms with van der Waals surface area (Å²) >= 11 is 0. The van der Waals surface area contributed by atoms with Crippen LogP contribution in [0.1, 0.15) is 21.5 Å². The Balaban J connectivity index is 2.28. The largest absolute Gasteiger partial charge is 0.398 e. The number of nitrogen functional groups attached to an aromatic ring is 1. The molecule has 0 heterocycles. The smallest absolute Gasteiger partial charge is 0.257 e. The van der Waals surface area contributed by atoms with E-state index in [0.717, 1.165) is 17.2 Å². The maximum Gasteiger partial charge on any atom is 0.257 e. The maximum atomic E-state index is 13.1. The molecule has 19 heavy (non-hydrogen) atoms. The summed E-state index contributed by atoms with van der Waals surface area (Å²) in [6.07, 6.45) is 0. The number of nitrogens with two attached hydrogens (primary N) is 1. The molecule has 0 saturated carbocycles. The van der Waals surface area contributed by atoms with Crippen molar-refractivity contribution >= 4 is 17.3 Å². The Morgan fingerprint density at radius 3 is 2.58 bits per heavy atom. The lowest BCUT2D eigenvalue weighted by Gasteiger charge is -2.10. The molecule has 4 heteroatoms. The van der Waals surface area contributed by atoms with Gasteiger partial charge in [0, 0.05) is 11.4 Å². The number of nitrogens with one attached hydrogen (secondary N) is 1. The van der Waals surface area contributed by atoms with Crippen molar-refractivity contribution in [3.63, 3.8) is 0 Å². The predicted octanol–water partition coefficient (Wildman–Crippen LogP) is 3.28. The maximum absolute atomic E-state index is 13.1. The topological polar surface area (TPSA) is 55.1 Å². The monoisotopic (exact) mass is 258 g/mol. The van der Waals surface area contributed by atoms with Crippen LogP contribution in [0.25, 0.3) is 0 Å². The van der Waals surface area contributed by atoms with E-state index in [2.05, 4.69) is 5.32 Å². The molecule has 2 aromatic rings. The SMILES string of the molecule is Cc1ccc(NC(=O)c2cc(F)ccc2N)c(C)c1. The van der Waals surface area contributed by atoms with E-state index >= 15 is 0 Å². The van der Waals surface area contributed by atoms with Crippen LogP contribution in [0.4, 0.5) is 15.8 Å². The molecule has 0 saturated heterocycles. The molecular weight excluding hydrogens is 243 g/mol. The average Bonchev–Trinajstić information content (AvgIpc) is 2.35. The van der Waals surface area contributed by atoms with Gasteiger partial charge < -0.3 is 11.1 Å². The Hall–Kier alpha value is -2.36. The molecule has 0 aromatic heterocycles. The van der Waals surface area contributed by atoms with E-state index in [1.54, 1.807) is 0 Å². The van der Waals surface area contributed by atoms with Gasteiger partial charge in [0.1, 0.15) is 5.82 Å². The number of aryl methyl sites for hydroxylation is 2. The summed E-state index contributed by atoms with van der Waals surface area (Å²) in [5.41, 5.74) is 8.82. The van der Waals surface area contributed by atoms with Crippen molar-refractivity contribution in [2.24, 2.45) is 0 Å². The van der Waals surface area contributed by atoms with E-state index in [-0.39, 0.29) is 11.3 Å². The summed E-state index contributed by atoms with van der Waals surface area (Å²) in [4.78, 5) is 12.1. The molecule has 3 nitrogen and oxygen atoms in total. The third-order valence-corrected chi connectivity index (χ3v) is 2.89. The Kier molecular flexibility index (Phi) is 3.51. The van der Waals surface area contributed by atoms with Crippen LogP contribution in [-0.2, 0) is 0 Å². The van der Waals surface area contributed by atoms with Gasteiger partial charge in [0.25, 0.3) is 5.91 Å². The van der Waals surface area contributed by atoms with E-state index in [4.69, 9.17) is 5.73 Å². The van der Waals surface area contributed by atoms with Gasteiger partial charge >= 0.3 is 0 Å². The van der Waals surface area contributed by atoms with Crippen molar-refractivity contribution in [3.05, 3.63) is 58.9 Å². The highest BCUT2D eigenvalue weighted by atomic mass is 19.1. The second-order valence-electron chi connectivity index (χ2n) is 4.50. The van der Waals surface area contributed by atoms with Crippen LogP contribution in [0.15, 0.2) is 36.4 Å². The van der Waals surface area contributed by atoms with E-state index in [9.17, 15) is 9.18 Å². The average molecular weight is 258 g/mol. The van der Waals surface area contributed by atoms with Crippen LogP contribution in [0.2, 0.25) is 0 Å². The predicted molar refractivity (Wildman–Crippen MR) is 74.7 cm³/mol. The molecular formula is C15H15FN2O. The second kappa shape index (κ2) is 5.10. The van der Waals surface area contributed by atoms with Gasteiger partial charge in [0.05, 0.1) is 5.56 Å². The van der Waals surface area contributed by atoms with Gasteiger partial charge in [-0.1, -0.05) is 17.7 Å². The first-order valence-electron chi connectivity index (χ1n) is 5.91. The van der Waals surface area contributed by atoms with Crippen molar-refractivity contribution in [3.8, 4) is 0 Å². The van der Waals surface area contributed by atoms with Gasteiger partial charge in [-0.25, -0.2) is 4.39 Å². The van der Waals surface area contributed by atoms with Gasteiger partial charge in [-0.05, 0) is 43.7 Å². The van der Waals surface area contributed by atoms with E-state index in [1.807, 2.05) is 32.0 Å². The van der Waals surface area contributed by atoms with Crippen molar-refractivity contribution in [1.82, 2.24) is 0 Å². The van der Waals surface area contributed by atoms with Crippen LogP contribution in [0, 0.1) is 19.7 Å². The van der Waals surface area contributed by atoms with Gasteiger partial charge in [-0.3, -0.25) is 4.79 Å². The highest BCUT2D eigenvalue weighted by Gasteiger charge is 2.12. The van der Waals surface area contributed by atoms with Gasteiger partial charge in [0.2, 0.25) is 0 Å². The fourth-order valence-corrected chi connectivity index (χ4v) is 1.87. The number of halogens is 1. The summed E-state index contributed by atoms with van der Waals surface area (Å²) in [5.74, 6) is -0.899. The van der Waals surface area contributed by atoms with Crippen LogP contribution in [-0.4, -0.2) is 5.91 Å². The summed E-state index contributed by atoms with van der Waals surface area (Å²) < 4.78 is 13.1. The molecule has 98 valence electrons. The highest BCUT2D eigenvalue weighted by Crippen LogP contribution is 2.19. The van der Waals surface area contributed by atoms with E-state index < -0.39 is 11.7 Å². The van der Waals surface area contributed by atoms with Crippen LogP contribution in [0.5, 0.6) is 0 Å². The molecule has 0 unspecified atom stereocenters. The fourth-order valence-electron chi connectivity index (χ4n) is 1.87. The summed E-state index contributed by atoms with van der Waals surface area (Å²) in [6, 6.07) is 9.42. The zero-order chi connectivity index (χ0) is 14.0. The van der Waals surface area contributed by atoms with Gasteiger partial charge in [0.15, 0.2) is 0 Å². The molecule has 0 radical (unpaired) electrons. The number of carbonyl (C=O) groups excluding carboxylic acids is 1. The molecule has 0 spiro atoms. The second-order valence-corrected chi connectivity index (χ2v) is 4.50. The third kappa shape index (κ3) is 2.91. The highest BCUT2D eigenvalue weighted by molar-refractivity contribution is 6.08. The Morgan fingerprint density at radius 2 is 1.89 bits per heavy atom. The van der Waals surface area contributed by atoms with E-state index in [0.29, 0.717) is 5.69 Å². The standard InChI is InChI=1S/C15H15FN2O/c1-9-3-6-14(10(2)7-9)18-15(19)12-8-11(16)4-5-13(12)17/h3-8H,17H2,1-2H3,(H,18,19). The molecule has 0 fully saturated rings. The molecule has 0 aliphatic carbocycles. The first-order valence-corrected chi connectivity index (χ1v) is 5.91. The minimum Gasteiger partial charge on any atom is -0.398 e. The van der Waals surface area contributed by atoms with Crippen molar-refractivity contribution in [1.29, 1.82) is 0 Å². The molecule has 2 aromatic carbocycles. The number of benzene rings is 2. The molecule has 0 atom stereocenters. The summed E-state index contributed by atoms with van der Waals surface area (Å²) in [7, 11) is 0. The summed E-state index contributed by atoms with van der Waals surface area (Å²) in [5, 5.41) is 2.74.